The van der Waals surface area contributed by atoms with Crippen molar-refractivity contribution in [3.05, 3.63) is 101 Å². The molecule has 2 aromatic heterocycles. The molecule has 4 aromatic rings. The first kappa shape index (κ1) is 20.5. The molecule has 0 amide bonds. The largest absolute Gasteiger partial charge is 0.495 e. The third-order valence-electron chi connectivity index (χ3n) is 5.36. The first-order chi connectivity index (χ1) is 14.9. The maximum absolute atomic E-state index is 13.6. The summed E-state index contributed by atoms with van der Waals surface area (Å²) < 4.78 is 34.3. The molecular weight excluding hydrogens is 400 g/mol. The van der Waals surface area contributed by atoms with Crippen LogP contribution in [0.1, 0.15) is 35.0 Å². The maximum atomic E-state index is 13.6. The van der Waals surface area contributed by atoms with Crippen molar-refractivity contribution >= 4 is 5.65 Å². The Bertz CT molecular complexity index is 1240. The van der Waals surface area contributed by atoms with E-state index in [9.17, 15) is 19.1 Å². The Hall–Kier alpha value is -3.76. The zero-order chi connectivity index (χ0) is 22.2. The Balaban J connectivity index is 2.06. The summed E-state index contributed by atoms with van der Waals surface area (Å²) in [6.45, 7) is 1.90. The van der Waals surface area contributed by atoms with Crippen LogP contribution < -0.4 is 4.74 Å². The summed E-state index contributed by atoms with van der Waals surface area (Å²) in [5.41, 5.74) is 0.748. The lowest BCUT2D eigenvalue weighted by Crippen LogP contribution is -2.30. The van der Waals surface area contributed by atoms with Crippen LogP contribution in [-0.4, -0.2) is 21.6 Å². The van der Waals surface area contributed by atoms with E-state index in [-0.39, 0.29) is 0 Å². The number of halogens is 2. The van der Waals surface area contributed by atoms with Crippen molar-refractivity contribution in [1.29, 1.82) is 5.26 Å². The summed E-state index contributed by atoms with van der Waals surface area (Å²) in [6, 6.07) is 14.6. The fraction of sp³-hybridized carbons (Fsp3) is 0.167. The van der Waals surface area contributed by atoms with Gasteiger partial charge < -0.3 is 14.2 Å². The van der Waals surface area contributed by atoms with Gasteiger partial charge in [0.1, 0.15) is 40.4 Å². The van der Waals surface area contributed by atoms with Gasteiger partial charge in [0, 0.05) is 18.0 Å². The molecule has 0 bridgehead atoms. The molecule has 1 N–H and O–H groups in total. The molecule has 5 nitrogen and oxygen atoms in total. The molecule has 2 aromatic carbocycles. The molecule has 0 aliphatic rings. The molecule has 2 heterocycles. The van der Waals surface area contributed by atoms with E-state index in [1.54, 1.807) is 16.7 Å². The van der Waals surface area contributed by atoms with Gasteiger partial charge in [-0.05, 0) is 41.8 Å². The summed E-state index contributed by atoms with van der Waals surface area (Å²) in [6.07, 6.45) is 2.09. The number of ether oxygens (including phenoxy) is 1. The van der Waals surface area contributed by atoms with Crippen LogP contribution in [0.25, 0.3) is 5.65 Å². The zero-order valence-corrected chi connectivity index (χ0v) is 16.9. The van der Waals surface area contributed by atoms with Gasteiger partial charge in [-0.15, -0.1) is 0 Å². The molecule has 0 unspecified atom stereocenters. The average molecular weight is 419 g/mol. The number of nitrogens with zero attached hydrogens (tertiary/aromatic N) is 3. The molecule has 0 saturated carbocycles. The second kappa shape index (κ2) is 7.82. The predicted molar refractivity (Wildman–Crippen MR) is 111 cm³/mol. The van der Waals surface area contributed by atoms with Crippen LogP contribution in [0.2, 0.25) is 0 Å². The summed E-state index contributed by atoms with van der Waals surface area (Å²) in [5, 5.41) is 21.5. The monoisotopic (exact) mass is 419 g/mol. The minimum absolute atomic E-state index is 0.311. The molecule has 0 aliphatic heterocycles. The molecule has 0 saturated heterocycles. The van der Waals surface area contributed by atoms with Gasteiger partial charge in [-0.2, -0.15) is 5.26 Å². The Morgan fingerprint density at radius 1 is 1.06 bits per heavy atom. The highest BCUT2D eigenvalue weighted by molar-refractivity contribution is 5.58. The number of fused-ring (bicyclic) bond motifs is 1. The van der Waals surface area contributed by atoms with Crippen LogP contribution in [0.3, 0.4) is 0 Å². The van der Waals surface area contributed by atoms with Crippen LogP contribution in [-0.2, 0) is 12.0 Å². The third-order valence-corrected chi connectivity index (χ3v) is 5.36. The van der Waals surface area contributed by atoms with Gasteiger partial charge in [-0.1, -0.05) is 31.2 Å². The van der Waals surface area contributed by atoms with E-state index in [2.05, 4.69) is 11.1 Å². The summed E-state index contributed by atoms with van der Waals surface area (Å²) in [7, 11) is 1.46. The molecule has 4 rings (SSSR count). The Labute approximate surface area is 177 Å². The maximum Gasteiger partial charge on any atom is 0.159 e. The van der Waals surface area contributed by atoms with E-state index < -0.39 is 17.2 Å². The number of nitriles is 1. The topological polar surface area (TPSA) is 70.6 Å². The molecule has 0 atom stereocenters. The summed E-state index contributed by atoms with van der Waals surface area (Å²) in [5.74, 6) is -0.528. The van der Waals surface area contributed by atoms with E-state index in [0.717, 1.165) is 0 Å². The van der Waals surface area contributed by atoms with E-state index in [4.69, 9.17) is 4.74 Å². The van der Waals surface area contributed by atoms with Gasteiger partial charge in [0.25, 0.3) is 0 Å². The van der Waals surface area contributed by atoms with Crippen molar-refractivity contribution in [2.75, 3.05) is 7.11 Å². The third kappa shape index (κ3) is 3.31. The Kier molecular flexibility index (Phi) is 5.17. The smallest absolute Gasteiger partial charge is 0.159 e. The number of pyridine rings is 1. The highest BCUT2D eigenvalue weighted by Gasteiger charge is 2.39. The first-order valence-corrected chi connectivity index (χ1v) is 9.66. The van der Waals surface area contributed by atoms with Crippen molar-refractivity contribution in [1.82, 2.24) is 9.38 Å². The fourth-order valence-electron chi connectivity index (χ4n) is 3.82. The predicted octanol–water partition coefficient (Wildman–Crippen LogP) is 4.34. The number of rotatable bonds is 5. The number of methoxy groups -OCH3 is 1. The number of aryl methyl sites for hydroxylation is 1. The minimum Gasteiger partial charge on any atom is -0.495 e. The highest BCUT2D eigenvalue weighted by atomic mass is 19.1. The quantitative estimate of drug-likeness (QED) is 0.523. The van der Waals surface area contributed by atoms with Crippen LogP contribution in [0.15, 0.2) is 60.8 Å². The van der Waals surface area contributed by atoms with Gasteiger partial charge in [0.15, 0.2) is 5.60 Å². The van der Waals surface area contributed by atoms with Crippen LogP contribution >= 0.6 is 0 Å². The standard InChI is InChI=1S/C24H19F2N3O2/c1-3-20-23(28-22-12-21(31-2)15(13-27)14-29(20)22)24(30,16-4-8-18(25)9-5-16)17-6-10-19(26)11-7-17/h4-12,14,30H,3H2,1-2H3. The van der Waals surface area contributed by atoms with Crippen LogP contribution in [0, 0.1) is 23.0 Å². The molecule has 0 aliphatic carbocycles. The number of benzene rings is 2. The van der Waals surface area contributed by atoms with E-state index in [1.165, 1.54) is 55.6 Å². The minimum atomic E-state index is -1.78. The number of hydrogen-bond acceptors (Lipinski definition) is 4. The van der Waals surface area contributed by atoms with Gasteiger partial charge in [0.2, 0.25) is 0 Å². The molecule has 0 radical (unpaired) electrons. The van der Waals surface area contributed by atoms with E-state index in [0.29, 0.717) is 45.9 Å². The summed E-state index contributed by atoms with van der Waals surface area (Å²) >= 11 is 0. The van der Waals surface area contributed by atoms with Gasteiger partial charge in [-0.25, -0.2) is 13.8 Å². The van der Waals surface area contributed by atoms with Crippen molar-refractivity contribution in [2.45, 2.75) is 18.9 Å². The van der Waals surface area contributed by atoms with Crippen LogP contribution in [0.5, 0.6) is 5.75 Å². The van der Waals surface area contributed by atoms with Crippen molar-refractivity contribution in [2.24, 2.45) is 0 Å². The second-order valence-electron chi connectivity index (χ2n) is 7.08. The number of imidazole rings is 1. The second-order valence-corrected chi connectivity index (χ2v) is 7.08. The molecule has 31 heavy (non-hydrogen) atoms. The van der Waals surface area contributed by atoms with E-state index >= 15 is 0 Å². The number of hydrogen-bond donors (Lipinski definition) is 1. The Morgan fingerprint density at radius 2 is 1.61 bits per heavy atom. The lowest BCUT2D eigenvalue weighted by atomic mass is 9.82. The first-order valence-electron chi connectivity index (χ1n) is 9.66. The van der Waals surface area contributed by atoms with E-state index in [1.807, 2.05) is 6.92 Å². The fourth-order valence-corrected chi connectivity index (χ4v) is 3.82. The molecule has 7 heteroatoms. The average Bonchev–Trinajstić information content (AvgIpc) is 3.16. The van der Waals surface area contributed by atoms with Crippen LogP contribution in [0.4, 0.5) is 8.78 Å². The molecule has 0 spiro atoms. The number of aromatic nitrogens is 2. The van der Waals surface area contributed by atoms with Gasteiger partial charge >= 0.3 is 0 Å². The lowest BCUT2D eigenvalue weighted by Gasteiger charge is -2.29. The highest BCUT2D eigenvalue weighted by Crippen LogP contribution is 2.39. The van der Waals surface area contributed by atoms with Gasteiger partial charge in [0.05, 0.1) is 7.11 Å². The Morgan fingerprint density at radius 3 is 2.06 bits per heavy atom. The van der Waals surface area contributed by atoms with Crippen molar-refractivity contribution in [3.8, 4) is 11.8 Å². The molecule has 0 fully saturated rings. The zero-order valence-electron chi connectivity index (χ0n) is 16.9. The van der Waals surface area contributed by atoms with Crippen molar-refractivity contribution < 1.29 is 18.6 Å². The lowest BCUT2D eigenvalue weighted by molar-refractivity contribution is 0.120. The molecular formula is C24H19F2N3O2. The number of aliphatic hydroxyl groups is 1. The normalized spacial score (nSPS) is 11.5. The summed E-state index contributed by atoms with van der Waals surface area (Å²) in [4.78, 5) is 4.67. The SMILES string of the molecule is CCc1c(C(O)(c2ccc(F)cc2)c2ccc(F)cc2)nc2cc(OC)c(C#N)cn12. The van der Waals surface area contributed by atoms with Gasteiger partial charge in [-0.3, -0.25) is 0 Å². The van der Waals surface area contributed by atoms with Crippen molar-refractivity contribution in [3.63, 3.8) is 0 Å². The molecule has 156 valence electrons.